The number of aromatic hydroxyl groups is 1. The number of nitrogens with one attached hydrogen (secondary N) is 1. The molecule has 0 amide bonds. The first-order valence-electron chi connectivity index (χ1n) is 9.85. The number of aromatic nitrogens is 3. The highest BCUT2D eigenvalue weighted by Crippen LogP contribution is 2.39. The number of carbonyl (C=O) groups excluding carboxylic acids is 1. The zero-order chi connectivity index (χ0) is 22.8. The molecule has 166 valence electrons. The molecule has 0 aliphatic carbocycles. The van der Waals surface area contributed by atoms with Crippen LogP contribution in [0.1, 0.15) is 31.0 Å². The summed E-state index contributed by atoms with van der Waals surface area (Å²) < 4.78 is 7.51. The number of fused-ring (bicyclic) bond motifs is 1. The van der Waals surface area contributed by atoms with Gasteiger partial charge in [-0.05, 0) is 59.1 Å². The molecule has 4 rings (SSSR count). The van der Waals surface area contributed by atoms with E-state index >= 15 is 0 Å². The van der Waals surface area contributed by atoms with Crippen molar-refractivity contribution in [1.82, 2.24) is 14.8 Å². The van der Waals surface area contributed by atoms with Gasteiger partial charge < -0.3 is 15.2 Å². The molecule has 7 nitrogen and oxygen atoms in total. The number of benzene rings is 2. The van der Waals surface area contributed by atoms with Gasteiger partial charge in [-0.2, -0.15) is 4.98 Å². The molecular weight excluding hydrogens is 516 g/mol. The van der Waals surface area contributed by atoms with E-state index in [4.69, 9.17) is 16.3 Å². The molecule has 1 aliphatic heterocycles. The van der Waals surface area contributed by atoms with Gasteiger partial charge in [0.15, 0.2) is 0 Å². The minimum absolute atomic E-state index is 0.107. The fourth-order valence-electron chi connectivity index (χ4n) is 3.42. The minimum atomic E-state index is -0.565. The molecular formula is C22H20BrClN4O3S. The van der Waals surface area contributed by atoms with E-state index in [1.54, 1.807) is 29.8 Å². The molecule has 0 bridgehead atoms. The van der Waals surface area contributed by atoms with Gasteiger partial charge in [0.1, 0.15) is 11.8 Å². The average molecular weight is 536 g/mol. The standard InChI is InChI=1S/C22H20BrClN4O3S/c1-3-31-20(30)18-12(2)25-21-26-22(32-11-14-6-4-5-7-16(14)24)27-28(21)19(18)13-8-9-17(29)15(23)10-13/h4-10,19,29H,3,11H2,1-2H3,(H,25,26,27). The predicted molar refractivity (Wildman–Crippen MR) is 128 cm³/mol. The SMILES string of the molecule is CCOC(=O)C1=C(C)Nc2nc(SCc3ccccc3Cl)nn2C1c1ccc(O)c(Br)c1. The van der Waals surface area contributed by atoms with Gasteiger partial charge in [0.2, 0.25) is 11.1 Å². The summed E-state index contributed by atoms with van der Waals surface area (Å²) in [4.78, 5) is 17.5. The number of anilines is 1. The lowest BCUT2D eigenvalue weighted by atomic mass is 9.96. The van der Waals surface area contributed by atoms with Crippen molar-refractivity contribution in [2.45, 2.75) is 30.8 Å². The van der Waals surface area contributed by atoms with Gasteiger partial charge in [-0.25, -0.2) is 9.48 Å². The van der Waals surface area contributed by atoms with E-state index in [2.05, 4.69) is 31.3 Å². The number of phenolic OH excluding ortho intramolecular Hbond substituents is 1. The Hall–Kier alpha value is -2.49. The van der Waals surface area contributed by atoms with Crippen LogP contribution in [0.5, 0.6) is 5.75 Å². The fourth-order valence-corrected chi connectivity index (χ4v) is 4.94. The monoisotopic (exact) mass is 534 g/mol. The van der Waals surface area contributed by atoms with Crippen molar-refractivity contribution >= 4 is 51.2 Å². The summed E-state index contributed by atoms with van der Waals surface area (Å²) in [6.45, 7) is 3.83. The van der Waals surface area contributed by atoms with E-state index in [9.17, 15) is 9.90 Å². The summed E-state index contributed by atoms with van der Waals surface area (Å²) in [6.07, 6.45) is 0. The van der Waals surface area contributed by atoms with Crippen molar-refractivity contribution in [2.75, 3.05) is 11.9 Å². The van der Waals surface area contributed by atoms with Crippen LogP contribution in [-0.2, 0) is 15.3 Å². The van der Waals surface area contributed by atoms with Gasteiger partial charge in [0.25, 0.3) is 0 Å². The lowest BCUT2D eigenvalue weighted by molar-refractivity contribution is -0.139. The molecule has 32 heavy (non-hydrogen) atoms. The topological polar surface area (TPSA) is 89.3 Å². The molecule has 1 aromatic heterocycles. The Morgan fingerprint density at radius 1 is 1.34 bits per heavy atom. The molecule has 1 aliphatic rings. The number of phenols is 1. The smallest absolute Gasteiger partial charge is 0.338 e. The quantitative estimate of drug-likeness (QED) is 0.316. The minimum Gasteiger partial charge on any atom is -0.507 e. The predicted octanol–water partition coefficient (Wildman–Crippen LogP) is 5.54. The van der Waals surface area contributed by atoms with Crippen LogP contribution in [0.2, 0.25) is 5.02 Å². The molecule has 0 spiro atoms. The van der Waals surface area contributed by atoms with E-state index < -0.39 is 12.0 Å². The number of hydrogen-bond acceptors (Lipinski definition) is 7. The molecule has 10 heteroatoms. The molecule has 2 N–H and O–H groups in total. The van der Waals surface area contributed by atoms with Gasteiger partial charge in [-0.1, -0.05) is 47.6 Å². The summed E-state index contributed by atoms with van der Waals surface area (Å²) in [6, 6.07) is 12.2. The van der Waals surface area contributed by atoms with Crippen LogP contribution < -0.4 is 5.32 Å². The van der Waals surface area contributed by atoms with Crippen molar-refractivity contribution in [3.05, 3.63) is 74.4 Å². The highest BCUT2D eigenvalue weighted by atomic mass is 79.9. The van der Waals surface area contributed by atoms with Gasteiger partial charge in [-0.3, -0.25) is 0 Å². The number of nitrogens with zero attached hydrogens (tertiary/aromatic N) is 3. The molecule has 0 saturated carbocycles. The summed E-state index contributed by atoms with van der Waals surface area (Å²) >= 11 is 11.1. The Morgan fingerprint density at radius 3 is 2.84 bits per heavy atom. The summed E-state index contributed by atoms with van der Waals surface area (Å²) in [5.41, 5.74) is 2.82. The van der Waals surface area contributed by atoms with Crippen molar-refractivity contribution in [1.29, 1.82) is 0 Å². The number of thioether (sulfide) groups is 1. The van der Waals surface area contributed by atoms with Crippen molar-refractivity contribution < 1.29 is 14.6 Å². The third-order valence-electron chi connectivity index (χ3n) is 4.93. The van der Waals surface area contributed by atoms with Crippen molar-refractivity contribution in [3.8, 4) is 5.75 Å². The number of allylic oxidation sites excluding steroid dienone is 1. The Kier molecular flexibility index (Phi) is 6.78. The van der Waals surface area contributed by atoms with E-state index in [-0.39, 0.29) is 12.4 Å². The number of hydrogen-bond donors (Lipinski definition) is 2. The van der Waals surface area contributed by atoms with Crippen LogP contribution in [0, 0.1) is 0 Å². The van der Waals surface area contributed by atoms with Gasteiger partial charge in [0.05, 0.1) is 16.7 Å². The summed E-state index contributed by atoms with van der Waals surface area (Å²) in [5, 5.41) is 19.0. The van der Waals surface area contributed by atoms with Crippen molar-refractivity contribution in [3.63, 3.8) is 0 Å². The maximum atomic E-state index is 12.8. The van der Waals surface area contributed by atoms with Gasteiger partial charge in [0, 0.05) is 16.5 Å². The molecule has 0 saturated heterocycles. The Morgan fingerprint density at radius 2 is 2.12 bits per heavy atom. The molecule has 1 atom stereocenters. The zero-order valence-electron chi connectivity index (χ0n) is 17.3. The second-order valence-electron chi connectivity index (χ2n) is 7.04. The lowest BCUT2D eigenvalue weighted by Gasteiger charge is -2.28. The second kappa shape index (κ2) is 9.56. The first kappa shape index (κ1) is 22.7. The number of ether oxygens (including phenoxy) is 1. The van der Waals surface area contributed by atoms with Crippen LogP contribution in [0.4, 0.5) is 5.95 Å². The van der Waals surface area contributed by atoms with Gasteiger partial charge in [-0.15, -0.1) is 5.10 Å². The molecule has 1 unspecified atom stereocenters. The Balaban J connectivity index is 1.72. The highest BCUT2D eigenvalue weighted by Gasteiger charge is 2.35. The number of carbonyl (C=O) groups is 1. The summed E-state index contributed by atoms with van der Waals surface area (Å²) in [5.74, 6) is 0.802. The summed E-state index contributed by atoms with van der Waals surface area (Å²) in [7, 11) is 0. The molecule has 2 heterocycles. The number of esters is 1. The van der Waals surface area contributed by atoms with E-state index in [0.29, 0.717) is 37.6 Å². The third kappa shape index (κ3) is 4.51. The average Bonchev–Trinajstić information content (AvgIpc) is 3.16. The van der Waals surface area contributed by atoms with E-state index in [0.717, 1.165) is 11.1 Å². The Bertz CT molecular complexity index is 1210. The fraction of sp³-hybridized carbons (Fsp3) is 0.227. The molecule has 0 radical (unpaired) electrons. The largest absolute Gasteiger partial charge is 0.507 e. The number of halogens is 2. The maximum Gasteiger partial charge on any atom is 0.338 e. The van der Waals surface area contributed by atoms with Crippen LogP contribution in [-0.4, -0.2) is 32.4 Å². The zero-order valence-corrected chi connectivity index (χ0v) is 20.5. The van der Waals surface area contributed by atoms with Crippen LogP contribution in [0.15, 0.2) is 63.4 Å². The van der Waals surface area contributed by atoms with Crippen LogP contribution in [0.3, 0.4) is 0 Å². The Labute approximate surface area is 203 Å². The molecule has 0 fully saturated rings. The molecule has 2 aromatic carbocycles. The second-order valence-corrected chi connectivity index (χ2v) is 9.24. The number of rotatable bonds is 6. The van der Waals surface area contributed by atoms with Crippen LogP contribution in [0.25, 0.3) is 0 Å². The first-order valence-corrected chi connectivity index (χ1v) is 12.0. The van der Waals surface area contributed by atoms with Crippen LogP contribution >= 0.6 is 39.3 Å². The highest BCUT2D eigenvalue weighted by molar-refractivity contribution is 9.10. The first-order chi connectivity index (χ1) is 15.4. The normalized spacial score (nSPS) is 15.3. The van der Waals surface area contributed by atoms with Gasteiger partial charge >= 0.3 is 5.97 Å². The molecule has 3 aromatic rings. The van der Waals surface area contributed by atoms with E-state index in [1.165, 1.54) is 11.8 Å². The van der Waals surface area contributed by atoms with Crippen molar-refractivity contribution in [2.24, 2.45) is 0 Å². The lowest BCUT2D eigenvalue weighted by Crippen LogP contribution is -2.29. The van der Waals surface area contributed by atoms with E-state index in [1.807, 2.05) is 31.2 Å². The maximum absolute atomic E-state index is 12.8. The third-order valence-corrected chi connectivity index (χ3v) is 6.82.